The van der Waals surface area contributed by atoms with Gasteiger partial charge >= 0.3 is 0 Å². The summed E-state index contributed by atoms with van der Waals surface area (Å²) in [7, 11) is 0. The first-order chi connectivity index (χ1) is 10.7. The summed E-state index contributed by atoms with van der Waals surface area (Å²) in [6.07, 6.45) is 5.32. The number of ketones is 2. The number of hydrogen-bond acceptors (Lipinski definition) is 4. The maximum Gasteiger partial charge on any atom is 0.203 e. The van der Waals surface area contributed by atoms with Crippen molar-refractivity contribution in [1.82, 2.24) is 0 Å². The Morgan fingerprint density at radius 3 is 1.95 bits per heavy atom. The maximum absolute atomic E-state index is 11.5. The fourth-order valence-electron chi connectivity index (χ4n) is 2.83. The van der Waals surface area contributed by atoms with Crippen molar-refractivity contribution in [1.29, 1.82) is 10.8 Å². The van der Waals surface area contributed by atoms with Crippen molar-refractivity contribution in [2.45, 2.75) is 45.4 Å². The fraction of sp³-hybridized carbons (Fsp3) is 0.444. The monoisotopic (exact) mass is 300 g/mol. The number of carbonyl (C=O) groups excluding carboxylic acids is 2. The van der Waals surface area contributed by atoms with Crippen LogP contribution in [0.4, 0.5) is 0 Å². The fourth-order valence-corrected chi connectivity index (χ4v) is 2.83. The molecule has 2 N–H and O–H groups in total. The predicted molar refractivity (Wildman–Crippen MR) is 89.4 cm³/mol. The zero-order chi connectivity index (χ0) is 16.5. The van der Waals surface area contributed by atoms with Crippen molar-refractivity contribution in [3.8, 4) is 0 Å². The zero-order valence-corrected chi connectivity index (χ0v) is 13.3. The molecule has 0 amide bonds. The van der Waals surface area contributed by atoms with Gasteiger partial charge in [-0.15, -0.1) is 0 Å². The molecule has 4 heteroatoms. The van der Waals surface area contributed by atoms with Crippen molar-refractivity contribution in [2.75, 3.05) is 0 Å². The predicted octanol–water partition coefficient (Wildman–Crippen LogP) is 4.04. The van der Waals surface area contributed by atoms with Crippen LogP contribution in [0.25, 0.3) is 0 Å². The van der Waals surface area contributed by atoms with Crippen LogP contribution in [0, 0.1) is 16.7 Å². The van der Waals surface area contributed by atoms with Gasteiger partial charge in [0.1, 0.15) is 0 Å². The number of carbonyl (C=O) groups is 2. The molecular formula is C18H24N2O2. The average molecular weight is 300 g/mol. The van der Waals surface area contributed by atoms with Crippen LogP contribution < -0.4 is 0 Å². The van der Waals surface area contributed by atoms with Crippen LogP contribution in [-0.4, -0.2) is 24.0 Å². The van der Waals surface area contributed by atoms with E-state index in [4.69, 9.17) is 10.8 Å². The molecular weight excluding hydrogens is 276 g/mol. The molecule has 2 rings (SSSR count). The van der Waals surface area contributed by atoms with Crippen LogP contribution in [0.5, 0.6) is 0 Å². The van der Waals surface area contributed by atoms with E-state index < -0.39 is 0 Å². The second kappa shape index (κ2) is 9.03. The minimum atomic E-state index is -0.281. The summed E-state index contributed by atoms with van der Waals surface area (Å²) in [6.45, 7) is 4.00. The Morgan fingerprint density at radius 1 is 0.955 bits per heavy atom. The lowest BCUT2D eigenvalue weighted by molar-refractivity contribution is -0.117. The first kappa shape index (κ1) is 18.0. The smallest absolute Gasteiger partial charge is 0.203 e. The van der Waals surface area contributed by atoms with Gasteiger partial charge in [0.15, 0.2) is 5.78 Å². The highest BCUT2D eigenvalue weighted by Gasteiger charge is 2.25. The summed E-state index contributed by atoms with van der Waals surface area (Å²) >= 11 is 0. The molecule has 4 nitrogen and oxygen atoms in total. The lowest BCUT2D eigenvalue weighted by atomic mass is 9.77. The van der Waals surface area contributed by atoms with E-state index in [0.29, 0.717) is 11.5 Å². The number of Topliss-reactive ketones (excluding diaryl/α,β-unsaturated/α-hetero) is 2. The summed E-state index contributed by atoms with van der Waals surface area (Å²) in [4.78, 5) is 22.8. The van der Waals surface area contributed by atoms with Gasteiger partial charge in [-0.05, 0) is 37.2 Å². The molecule has 1 aromatic carbocycles. The third-order valence-corrected chi connectivity index (χ3v) is 4.07. The van der Waals surface area contributed by atoms with Crippen molar-refractivity contribution < 1.29 is 9.59 Å². The Morgan fingerprint density at radius 2 is 1.50 bits per heavy atom. The molecule has 0 atom stereocenters. The van der Waals surface area contributed by atoms with Crippen molar-refractivity contribution in [3.05, 3.63) is 35.4 Å². The second-order valence-corrected chi connectivity index (χ2v) is 5.23. The number of nitrogens with one attached hydrogen (secondary N) is 2. The van der Waals surface area contributed by atoms with Gasteiger partial charge in [0.2, 0.25) is 5.78 Å². The van der Waals surface area contributed by atoms with Gasteiger partial charge in [0.25, 0.3) is 0 Å². The van der Waals surface area contributed by atoms with E-state index in [1.165, 1.54) is 5.56 Å². The van der Waals surface area contributed by atoms with E-state index >= 15 is 0 Å². The number of benzene rings is 1. The number of rotatable bonds is 5. The Balaban J connectivity index is 0.00000116. The van der Waals surface area contributed by atoms with Gasteiger partial charge in [0, 0.05) is 11.5 Å². The molecule has 1 aliphatic rings. The maximum atomic E-state index is 11.5. The van der Waals surface area contributed by atoms with Gasteiger partial charge in [-0.1, -0.05) is 38.1 Å². The van der Waals surface area contributed by atoms with Crippen molar-refractivity contribution in [2.24, 2.45) is 5.92 Å². The highest BCUT2D eigenvalue weighted by molar-refractivity contribution is 6.34. The van der Waals surface area contributed by atoms with Gasteiger partial charge in [0.05, 0.1) is 12.4 Å². The summed E-state index contributed by atoms with van der Waals surface area (Å²) in [5, 5.41) is 14.0. The summed E-state index contributed by atoms with van der Waals surface area (Å²) < 4.78 is 0. The standard InChI is InChI=1S/C16H18N2O2.C2H6/c17-9-15(19)13-5-1-11(2-6-13)12-3-7-14(8-4-12)16(20)10-18;1-2/h1-2,5-6,9-10,12,14,17-18H,3-4,7-8H2;1-2H3. The minimum Gasteiger partial charge on any atom is -0.305 e. The largest absolute Gasteiger partial charge is 0.305 e. The molecule has 1 fully saturated rings. The second-order valence-electron chi connectivity index (χ2n) is 5.23. The molecule has 0 heterocycles. The van der Waals surface area contributed by atoms with Crippen molar-refractivity contribution >= 4 is 24.0 Å². The van der Waals surface area contributed by atoms with Gasteiger partial charge < -0.3 is 10.8 Å². The highest BCUT2D eigenvalue weighted by Crippen LogP contribution is 2.35. The zero-order valence-electron chi connectivity index (χ0n) is 13.3. The van der Waals surface area contributed by atoms with Gasteiger partial charge in [-0.3, -0.25) is 9.59 Å². The average Bonchev–Trinajstić information content (AvgIpc) is 2.62. The SMILES string of the molecule is CC.N=CC(=O)c1ccc(C2CCC(C(=O)C=N)CC2)cc1. The lowest BCUT2D eigenvalue weighted by Crippen LogP contribution is -2.21. The van der Waals surface area contributed by atoms with Crippen LogP contribution in [0.2, 0.25) is 0 Å². The molecule has 0 radical (unpaired) electrons. The first-order valence-corrected chi connectivity index (χ1v) is 7.84. The molecule has 0 bridgehead atoms. The van der Waals surface area contributed by atoms with Crippen LogP contribution in [-0.2, 0) is 4.79 Å². The summed E-state index contributed by atoms with van der Waals surface area (Å²) in [6, 6.07) is 7.41. The van der Waals surface area contributed by atoms with Crippen LogP contribution in [0.3, 0.4) is 0 Å². The molecule has 1 saturated carbocycles. The summed E-state index contributed by atoms with van der Waals surface area (Å²) in [5.41, 5.74) is 1.73. The Bertz CT molecular complexity index is 527. The third kappa shape index (κ3) is 4.45. The van der Waals surface area contributed by atoms with E-state index in [2.05, 4.69) is 0 Å². The quantitative estimate of drug-likeness (QED) is 0.635. The first-order valence-electron chi connectivity index (χ1n) is 7.84. The molecule has 1 aromatic rings. The molecule has 0 unspecified atom stereocenters. The van der Waals surface area contributed by atoms with E-state index in [1.807, 2.05) is 26.0 Å². The van der Waals surface area contributed by atoms with E-state index in [1.54, 1.807) is 12.1 Å². The van der Waals surface area contributed by atoms with Crippen LogP contribution in [0.15, 0.2) is 24.3 Å². The topological polar surface area (TPSA) is 81.8 Å². The highest BCUT2D eigenvalue weighted by atomic mass is 16.1. The van der Waals surface area contributed by atoms with Gasteiger partial charge in [-0.2, -0.15) is 0 Å². The molecule has 0 aliphatic heterocycles. The van der Waals surface area contributed by atoms with E-state index in [9.17, 15) is 9.59 Å². The van der Waals surface area contributed by atoms with Gasteiger partial charge in [-0.25, -0.2) is 0 Å². The Hall–Kier alpha value is -2.10. The molecule has 0 spiro atoms. The minimum absolute atomic E-state index is 0.0162. The molecule has 0 aromatic heterocycles. The van der Waals surface area contributed by atoms with E-state index in [-0.39, 0.29) is 17.5 Å². The van der Waals surface area contributed by atoms with E-state index in [0.717, 1.165) is 38.1 Å². The lowest BCUT2D eigenvalue weighted by Gasteiger charge is -2.27. The molecule has 118 valence electrons. The normalized spacial score (nSPS) is 20.3. The van der Waals surface area contributed by atoms with Crippen LogP contribution >= 0.6 is 0 Å². The number of hydrogen-bond donors (Lipinski definition) is 2. The molecule has 22 heavy (non-hydrogen) atoms. The molecule has 1 aliphatic carbocycles. The van der Waals surface area contributed by atoms with Crippen LogP contribution in [0.1, 0.15) is 61.4 Å². The summed E-state index contributed by atoms with van der Waals surface area (Å²) in [5.74, 6) is 0.101. The molecule has 0 saturated heterocycles. The Labute approximate surface area is 132 Å². The third-order valence-electron chi connectivity index (χ3n) is 4.07. The van der Waals surface area contributed by atoms with Crippen molar-refractivity contribution in [3.63, 3.8) is 0 Å². The Kier molecular flexibility index (Phi) is 7.37.